The SMILES string of the molecule is CCn1nc(C)cc1CC(O)C(O)C(C)(C)C. The molecule has 0 aliphatic heterocycles. The highest BCUT2D eigenvalue weighted by atomic mass is 16.3. The summed E-state index contributed by atoms with van der Waals surface area (Å²) in [5.74, 6) is 0. The molecular formula is C13H24N2O2. The zero-order chi connectivity index (χ0) is 13.2. The van der Waals surface area contributed by atoms with Crippen molar-refractivity contribution >= 4 is 0 Å². The molecule has 0 fully saturated rings. The lowest BCUT2D eigenvalue weighted by molar-refractivity contribution is -0.0441. The van der Waals surface area contributed by atoms with E-state index in [1.54, 1.807) is 0 Å². The van der Waals surface area contributed by atoms with Gasteiger partial charge in [0, 0.05) is 18.7 Å². The molecule has 2 N–H and O–H groups in total. The Bertz CT molecular complexity index is 366. The first-order chi connectivity index (χ1) is 7.75. The van der Waals surface area contributed by atoms with Gasteiger partial charge in [-0.2, -0.15) is 5.10 Å². The van der Waals surface area contributed by atoms with Gasteiger partial charge in [-0.15, -0.1) is 0 Å². The monoisotopic (exact) mass is 240 g/mol. The van der Waals surface area contributed by atoms with Crippen molar-refractivity contribution in [1.29, 1.82) is 0 Å². The molecule has 98 valence electrons. The summed E-state index contributed by atoms with van der Waals surface area (Å²) in [6, 6.07) is 1.96. The van der Waals surface area contributed by atoms with E-state index >= 15 is 0 Å². The average Bonchev–Trinajstić information content (AvgIpc) is 2.56. The van der Waals surface area contributed by atoms with Crippen molar-refractivity contribution in [2.45, 2.75) is 59.8 Å². The summed E-state index contributed by atoms with van der Waals surface area (Å²) >= 11 is 0. The average molecular weight is 240 g/mol. The normalized spacial score (nSPS) is 15.9. The molecule has 17 heavy (non-hydrogen) atoms. The van der Waals surface area contributed by atoms with Gasteiger partial charge in [0.05, 0.1) is 17.9 Å². The van der Waals surface area contributed by atoms with Gasteiger partial charge >= 0.3 is 0 Å². The van der Waals surface area contributed by atoms with E-state index in [1.807, 2.05) is 45.4 Å². The third kappa shape index (κ3) is 3.54. The van der Waals surface area contributed by atoms with Gasteiger partial charge in [0.25, 0.3) is 0 Å². The summed E-state index contributed by atoms with van der Waals surface area (Å²) in [5.41, 5.74) is 1.60. The Labute approximate surface area is 103 Å². The van der Waals surface area contributed by atoms with Gasteiger partial charge in [-0.1, -0.05) is 20.8 Å². The molecular weight excluding hydrogens is 216 g/mol. The Morgan fingerprint density at radius 1 is 1.35 bits per heavy atom. The van der Waals surface area contributed by atoms with E-state index in [0.717, 1.165) is 17.9 Å². The molecule has 1 heterocycles. The summed E-state index contributed by atoms with van der Waals surface area (Å²) in [4.78, 5) is 0. The first-order valence-electron chi connectivity index (χ1n) is 6.15. The van der Waals surface area contributed by atoms with E-state index in [-0.39, 0.29) is 5.41 Å². The largest absolute Gasteiger partial charge is 0.390 e. The summed E-state index contributed by atoms with van der Waals surface area (Å²) in [7, 11) is 0. The van der Waals surface area contributed by atoms with Gasteiger partial charge in [0.15, 0.2) is 0 Å². The maximum atomic E-state index is 10.0. The van der Waals surface area contributed by atoms with E-state index in [1.165, 1.54) is 0 Å². The summed E-state index contributed by atoms with van der Waals surface area (Å²) in [6.45, 7) is 10.5. The Hall–Kier alpha value is -0.870. The highest BCUT2D eigenvalue weighted by Gasteiger charge is 2.29. The zero-order valence-corrected chi connectivity index (χ0v) is 11.4. The zero-order valence-electron chi connectivity index (χ0n) is 11.4. The van der Waals surface area contributed by atoms with Gasteiger partial charge < -0.3 is 10.2 Å². The van der Waals surface area contributed by atoms with Crippen LogP contribution in [0.2, 0.25) is 0 Å². The van der Waals surface area contributed by atoms with Crippen molar-refractivity contribution in [3.8, 4) is 0 Å². The van der Waals surface area contributed by atoms with Crippen molar-refractivity contribution in [2.24, 2.45) is 5.41 Å². The maximum absolute atomic E-state index is 10.0. The van der Waals surface area contributed by atoms with Crippen LogP contribution >= 0.6 is 0 Å². The van der Waals surface area contributed by atoms with Crippen LogP contribution in [0, 0.1) is 12.3 Å². The second-order valence-corrected chi connectivity index (χ2v) is 5.68. The van der Waals surface area contributed by atoms with Crippen molar-refractivity contribution in [2.75, 3.05) is 0 Å². The number of hydrogen-bond donors (Lipinski definition) is 2. The van der Waals surface area contributed by atoms with Gasteiger partial charge in [-0.3, -0.25) is 4.68 Å². The molecule has 0 saturated carbocycles. The fraction of sp³-hybridized carbons (Fsp3) is 0.769. The van der Waals surface area contributed by atoms with Crippen LogP contribution in [-0.2, 0) is 13.0 Å². The lowest BCUT2D eigenvalue weighted by Gasteiger charge is -2.30. The van der Waals surface area contributed by atoms with Crippen LogP contribution < -0.4 is 0 Å². The van der Waals surface area contributed by atoms with E-state index in [4.69, 9.17) is 0 Å². The number of hydrogen-bond acceptors (Lipinski definition) is 3. The molecule has 0 saturated heterocycles. The van der Waals surface area contributed by atoms with Crippen LogP contribution in [0.25, 0.3) is 0 Å². The van der Waals surface area contributed by atoms with Crippen molar-refractivity contribution < 1.29 is 10.2 Å². The molecule has 1 aromatic rings. The van der Waals surface area contributed by atoms with Crippen molar-refractivity contribution in [3.05, 3.63) is 17.5 Å². The Balaban J connectivity index is 2.77. The number of aryl methyl sites for hydroxylation is 2. The fourth-order valence-electron chi connectivity index (χ4n) is 1.94. The van der Waals surface area contributed by atoms with E-state index < -0.39 is 12.2 Å². The molecule has 1 rings (SSSR count). The molecule has 2 atom stereocenters. The molecule has 0 aromatic carbocycles. The maximum Gasteiger partial charge on any atom is 0.0859 e. The number of nitrogens with zero attached hydrogens (tertiary/aromatic N) is 2. The lowest BCUT2D eigenvalue weighted by atomic mass is 9.84. The van der Waals surface area contributed by atoms with E-state index in [2.05, 4.69) is 5.10 Å². The third-order valence-corrected chi connectivity index (χ3v) is 2.96. The minimum absolute atomic E-state index is 0.314. The van der Waals surface area contributed by atoms with Crippen molar-refractivity contribution in [3.63, 3.8) is 0 Å². The van der Waals surface area contributed by atoms with Gasteiger partial charge in [-0.25, -0.2) is 0 Å². The molecule has 0 bridgehead atoms. The Morgan fingerprint density at radius 2 is 1.94 bits per heavy atom. The van der Waals surface area contributed by atoms with E-state index in [0.29, 0.717) is 6.42 Å². The summed E-state index contributed by atoms with van der Waals surface area (Å²) in [5, 5.41) is 24.4. The molecule has 1 aromatic heterocycles. The van der Waals surface area contributed by atoms with Crippen LogP contribution in [-0.4, -0.2) is 32.2 Å². The highest BCUT2D eigenvalue weighted by molar-refractivity contribution is 5.10. The number of aliphatic hydroxyl groups is 2. The minimum Gasteiger partial charge on any atom is -0.390 e. The molecule has 0 spiro atoms. The first kappa shape index (κ1) is 14.2. The van der Waals surface area contributed by atoms with E-state index in [9.17, 15) is 10.2 Å². The third-order valence-electron chi connectivity index (χ3n) is 2.96. The second kappa shape index (κ2) is 5.19. The second-order valence-electron chi connectivity index (χ2n) is 5.68. The van der Waals surface area contributed by atoms with Crippen LogP contribution in [0.15, 0.2) is 6.07 Å². The van der Waals surface area contributed by atoms with Crippen LogP contribution in [0.1, 0.15) is 39.1 Å². The predicted octanol–water partition coefficient (Wildman–Crippen LogP) is 1.52. The van der Waals surface area contributed by atoms with Gasteiger partial charge in [0.2, 0.25) is 0 Å². The number of rotatable bonds is 4. The topological polar surface area (TPSA) is 58.3 Å². The standard InChI is InChI=1S/C13H24N2O2/c1-6-15-10(7-9(2)14-15)8-11(16)12(17)13(3,4)5/h7,11-12,16-17H,6,8H2,1-5H3. The minimum atomic E-state index is -0.753. The highest BCUT2D eigenvalue weighted by Crippen LogP contribution is 2.23. The fourth-order valence-corrected chi connectivity index (χ4v) is 1.94. The van der Waals surface area contributed by atoms with Crippen LogP contribution in [0.5, 0.6) is 0 Å². The molecule has 4 nitrogen and oxygen atoms in total. The lowest BCUT2D eigenvalue weighted by Crippen LogP contribution is -2.39. The molecule has 4 heteroatoms. The quantitative estimate of drug-likeness (QED) is 0.839. The molecule has 0 radical (unpaired) electrons. The van der Waals surface area contributed by atoms with Gasteiger partial charge in [0.1, 0.15) is 0 Å². The number of aliphatic hydroxyl groups excluding tert-OH is 2. The number of aromatic nitrogens is 2. The molecule has 0 amide bonds. The summed E-state index contributed by atoms with van der Waals surface area (Å²) < 4.78 is 1.87. The van der Waals surface area contributed by atoms with Crippen molar-refractivity contribution in [1.82, 2.24) is 9.78 Å². The smallest absolute Gasteiger partial charge is 0.0859 e. The summed E-state index contributed by atoms with van der Waals surface area (Å²) in [6.07, 6.45) is -1.05. The van der Waals surface area contributed by atoms with Crippen LogP contribution in [0.4, 0.5) is 0 Å². The Morgan fingerprint density at radius 3 is 2.41 bits per heavy atom. The predicted molar refractivity (Wildman–Crippen MR) is 67.8 cm³/mol. The molecule has 0 aliphatic rings. The van der Waals surface area contributed by atoms with Gasteiger partial charge in [-0.05, 0) is 25.3 Å². The first-order valence-corrected chi connectivity index (χ1v) is 6.15. The molecule has 2 unspecified atom stereocenters. The molecule has 0 aliphatic carbocycles. The Kier molecular flexibility index (Phi) is 4.33. The van der Waals surface area contributed by atoms with Crippen LogP contribution in [0.3, 0.4) is 0 Å².